The van der Waals surface area contributed by atoms with Crippen molar-refractivity contribution in [1.82, 2.24) is 9.80 Å². The van der Waals surface area contributed by atoms with E-state index in [1.54, 1.807) is 6.07 Å². The number of benzene rings is 2. The largest absolute Gasteiger partial charge is 0.378 e. The number of morpholine rings is 1. The maximum atomic E-state index is 13.9. The molecule has 4 rings (SSSR count). The average Bonchev–Trinajstić information content (AvgIpc) is 3.07. The second-order valence-electron chi connectivity index (χ2n) is 10.5. The number of hydrogen-bond acceptors (Lipinski definition) is 4. The second kappa shape index (κ2) is 10.5. The molecule has 2 heterocycles. The van der Waals surface area contributed by atoms with Crippen LogP contribution in [-0.2, 0) is 26.3 Å². The highest BCUT2D eigenvalue weighted by Gasteiger charge is 2.52. The number of fused-ring (bicyclic) bond motifs is 1. The van der Waals surface area contributed by atoms with E-state index in [0.717, 1.165) is 11.1 Å². The van der Waals surface area contributed by atoms with Gasteiger partial charge in [0.1, 0.15) is 5.54 Å². The molecule has 0 aromatic heterocycles. The zero-order valence-electron chi connectivity index (χ0n) is 20.6. The van der Waals surface area contributed by atoms with Gasteiger partial charge >= 0.3 is 0 Å². The molecular formula is C27H33Cl2N3O3. The van der Waals surface area contributed by atoms with Crippen LogP contribution >= 0.6 is 23.2 Å². The summed E-state index contributed by atoms with van der Waals surface area (Å²) in [4.78, 5) is 31.0. The molecule has 0 bridgehead atoms. The van der Waals surface area contributed by atoms with Gasteiger partial charge in [-0.3, -0.25) is 14.5 Å². The van der Waals surface area contributed by atoms with Crippen molar-refractivity contribution in [3.8, 4) is 0 Å². The number of nitrogens with zero attached hydrogens (tertiary/aromatic N) is 2. The molecule has 1 unspecified atom stereocenters. The van der Waals surface area contributed by atoms with Crippen LogP contribution in [0.15, 0.2) is 42.5 Å². The molecule has 188 valence electrons. The lowest BCUT2D eigenvalue weighted by Crippen LogP contribution is -2.56. The van der Waals surface area contributed by atoms with Crippen LogP contribution in [0.4, 0.5) is 5.69 Å². The van der Waals surface area contributed by atoms with Gasteiger partial charge in [-0.25, -0.2) is 0 Å². The van der Waals surface area contributed by atoms with Gasteiger partial charge in [-0.1, -0.05) is 62.2 Å². The number of ether oxygens (including phenoxy) is 1. The maximum Gasteiger partial charge on any atom is 0.249 e. The van der Waals surface area contributed by atoms with Crippen LogP contribution in [-0.4, -0.2) is 61.0 Å². The molecule has 1 saturated heterocycles. The van der Waals surface area contributed by atoms with Crippen LogP contribution in [0.1, 0.15) is 38.3 Å². The standard InChI is InChI=1S/C27H33Cl2N3O3/c1-26(2,3)18-32(10-9-24(33)31-11-13-35-14-12-31)27(17-19-5-4-6-20(28)15-19)22-8-7-21(29)16-23(22)30-25(27)34/h4-8,15-16H,9-14,17-18H2,1-3H3,(H,30,34). The van der Waals surface area contributed by atoms with Crippen LogP contribution in [0.25, 0.3) is 0 Å². The summed E-state index contributed by atoms with van der Waals surface area (Å²) in [6, 6.07) is 13.2. The number of anilines is 1. The molecule has 0 aliphatic carbocycles. The molecule has 2 aromatic rings. The highest BCUT2D eigenvalue weighted by atomic mass is 35.5. The van der Waals surface area contributed by atoms with E-state index in [1.165, 1.54) is 0 Å². The van der Waals surface area contributed by atoms with Crippen LogP contribution in [0.2, 0.25) is 10.0 Å². The molecule has 2 aliphatic rings. The minimum absolute atomic E-state index is 0.0832. The van der Waals surface area contributed by atoms with Crippen molar-refractivity contribution in [2.24, 2.45) is 5.41 Å². The SMILES string of the molecule is CC(C)(C)CN(CCC(=O)N1CCOCC1)C1(Cc2cccc(Cl)c2)C(=O)Nc2cc(Cl)ccc21. The molecule has 35 heavy (non-hydrogen) atoms. The molecular weight excluding hydrogens is 485 g/mol. The van der Waals surface area contributed by atoms with E-state index in [1.807, 2.05) is 41.3 Å². The highest BCUT2D eigenvalue weighted by Crippen LogP contribution is 2.45. The van der Waals surface area contributed by atoms with Crippen molar-refractivity contribution in [2.45, 2.75) is 39.2 Å². The summed E-state index contributed by atoms with van der Waals surface area (Å²) in [5.41, 5.74) is 1.42. The van der Waals surface area contributed by atoms with Crippen molar-refractivity contribution in [2.75, 3.05) is 44.7 Å². The van der Waals surface area contributed by atoms with Crippen LogP contribution in [0.5, 0.6) is 0 Å². The topological polar surface area (TPSA) is 61.9 Å². The van der Waals surface area contributed by atoms with E-state index in [4.69, 9.17) is 27.9 Å². The number of rotatable bonds is 7. The number of amides is 2. The van der Waals surface area contributed by atoms with E-state index in [9.17, 15) is 9.59 Å². The molecule has 8 heteroatoms. The van der Waals surface area contributed by atoms with Gasteiger partial charge in [-0.15, -0.1) is 0 Å². The fourth-order valence-corrected chi connectivity index (χ4v) is 5.44. The Balaban J connectivity index is 1.74. The maximum absolute atomic E-state index is 13.9. The predicted molar refractivity (Wildman–Crippen MR) is 140 cm³/mol. The van der Waals surface area contributed by atoms with Gasteiger partial charge in [-0.2, -0.15) is 0 Å². The van der Waals surface area contributed by atoms with Crippen molar-refractivity contribution in [3.63, 3.8) is 0 Å². The number of halogens is 2. The number of nitrogens with one attached hydrogen (secondary N) is 1. The Morgan fingerprint density at radius 1 is 1.11 bits per heavy atom. The lowest BCUT2D eigenvalue weighted by molar-refractivity contribution is -0.138. The first-order valence-corrected chi connectivity index (χ1v) is 12.8. The third kappa shape index (κ3) is 5.83. The summed E-state index contributed by atoms with van der Waals surface area (Å²) in [7, 11) is 0. The first-order valence-electron chi connectivity index (χ1n) is 12.0. The minimum Gasteiger partial charge on any atom is -0.378 e. The number of hydrogen-bond donors (Lipinski definition) is 1. The fraction of sp³-hybridized carbons (Fsp3) is 0.481. The molecule has 2 amide bonds. The van der Waals surface area contributed by atoms with E-state index in [2.05, 4.69) is 31.0 Å². The Bertz CT molecular complexity index is 1100. The van der Waals surface area contributed by atoms with Crippen molar-refractivity contribution >= 4 is 40.7 Å². The Kier molecular flexibility index (Phi) is 7.77. The molecule has 6 nitrogen and oxygen atoms in total. The summed E-state index contributed by atoms with van der Waals surface area (Å²) in [5, 5.41) is 4.26. The summed E-state index contributed by atoms with van der Waals surface area (Å²) in [5.74, 6) is -0.0299. The molecule has 2 aromatic carbocycles. The van der Waals surface area contributed by atoms with E-state index in [0.29, 0.717) is 68.0 Å². The zero-order valence-corrected chi connectivity index (χ0v) is 22.1. The zero-order chi connectivity index (χ0) is 25.2. The Morgan fingerprint density at radius 3 is 2.51 bits per heavy atom. The molecule has 1 atom stereocenters. The van der Waals surface area contributed by atoms with Gasteiger partial charge in [0.05, 0.1) is 13.2 Å². The summed E-state index contributed by atoms with van der Waals surface area (Å²) in [6.45, 7) is 9.84. The third-order valence-electron chi connectivity index (χ3n) is 6.56. The Labute approximate surface area is 217 Å². The average molecular weight is 518 g/mol. The Morgan fingerprint density at radius 2 is 1.83 bits per heavy atom. The van der Waals surface area contributed by atoms with E-state index < -0.39 is 5.54 Å². The lowest BCUT2D eigenvalue weighted by atomic mass is 9.81. The van der Waals surface area contributed by atoms with Crippen molar-refractivity contribution in [3.05, 3.63) is 63.6 Å². The molecule has 0 radical (unpaired) electrons. The molecule has 1 N–H and O–H groups in total. The van der Waals surface area contributed by atoms with Crippen molar-refractivity contribution in [1.29, 1.82) is 0 Å². The smallest absolute Gasteiger partial charge is 0.249 e. The molecule has 1 fully saturated rings. The second-order valence-corrected chi connectivity index (χ2v) is 11.4. The van der Waals surface area contributed by atoms with E-state index in [-0.39, 0.29) is 17.2 Å². The molecule has 2 aliphatic heterocycles. The number of carbonyl (C=O) groups excluding carboxylic acids is 2. The van der Waals surface area contributed by atoms with Gasteiger partial charge in [-0.05, 0) is 35.2 Å². The summed E-state index contributed by atoms with van der Waals surface area (Å²) < 4.78 is 5.40. The van der Waals surface area contributed by atoms with E-state index >= 15 is 0 Å². The van der Waals surface area contributed by atoms with Gasteiger partial charge in [0.25, 0.3) is 0 Å². The first-order chi connectivity index (χ1) is 16.6. The molecule has 0 saturated carbocycles. The van der Waals surface area contributed by atoms with Crippen LogP contribution in [0, 0.1) is 5.41 Å². The monoisotopic (exact) mass is 517 g/mol. The van der Waals surface area contributed by atoms with Crippen LogP contribution in [0.3, 0.4) is 0 Å². The Hall–Kier alpha value is -2.12. The highest BCUT2D eigenvalue weighted by molar-refractivity contribution is 6.31. The van der Waals surface area contributed by atoms with Gasteiger partial charge in [0.2, 0.25) is 11.8 Å². The third-order valence-corrected chi connectivity index (χ3v) is 7.03. The molecule has 0 spiro atoms. The van der Waals surface area contributed by atoms with Gasteiger partial charge < -0.3 is 15.0 Å². The predicted octanol–water partition coefficient (Wildman–Crippen LogP) is 4.98. The minimum atomic E-state index is -0.997. The normalized spacial score (nSPS) is 20.2. The summed E-state index contributed by atoms with van der Waals surface area (Å²) >= 11 is 12.6. The van der Waals surface area contributed by atoms with Crippen molar-refractivity contribution < 1.29 is 14.3 Å². The quantitative estimate of drug-likeness (QED) is 0.562. The fourth-order valence-electron chi connectivity index (χ4n) is 5.05. The van der Waals surface area contributed by atoms with Crippen LogP contribution < -0.4 is 5.32 Å². The van der Waals surface area contributed by atoms with Gasteiger partial charge in [0, 0.05) is 60.3 Å². The summed E-state index contributed by atoms with van der Waals surface area (Å²) in [6.07, 6.45) is 0.749. The lowest BCUT2D eigenvalue weighted by Gasteiger charge is -2.43. The van der Waals surface area contributed by atoms with Gasteiger partial charge in [0.15, 0.2) is 0 Å². The number of carbonyl (C=O) groups is 2. The first kappa shape index (κ1) is 26.0.